The Bertz CT molecular complexity index is 1090. The van der Waals surface area contributed by atoms with Gasteiger partial charge in [0.25, 0.3) is 0 Å². The van der Waals surface area contributed by atoms with Crippen LogP contribution < -0.4 is 14.0 Å². The molecular formula is C24H22NO2+. The number of hydrogen-bond donors (Lipinski definition) is 0. The quantitative estimate of drug-likeness (QED) is 0.474. The van der Waals surface area contributed by atoms with E-state index in [2.05, 4.69) is 66.2 Å². The lowest BCUT2D eigenvalue weighted by Crippen LogP contribution is -2.34. The van der Waals surface area contributed by atoms with Gasteiger partial charge in [-0.15, -0.1) is 0 Å². The zero-order chi connectivity index (χ0) is 18.8. The SMILES string of the molecule is COc1ccc(OC)c2c(C)c(-c3ccccc3)[n+](-c3ccccc3)cc12. The molecule has 0 bridgehead atoms. The van der Waals surface area contributed by atoms with Crippen LogP contribution in [-0.4, -0.2) is 14.2 Å². The summed E-state index contributed by atoms with van der Waals surface area (Å²) in [4.78, 5) is 0. The van der Waals surface area contributed by atoms with Crippen LogP contribution in [-0.2, 0) is 0 Å². The number of fused-ring (bicyclic) bond motifs is 1. The second-order valence-electron chi connectivity index (χ2n) is 6.43. The molecule has 4 rings (SSSR count). The molecular weight excluding hydrogens is 334 g/mol. The van der Waals surface area contributed by atoms with E-state index >= 15 is 0 Å². The van der Waals surface area contributed by atoms with Gasteiger partial charge >= 0.3 is 0 Å². The summed E-state index contributed by atoms with van der Waals surface area (Å²) in [5.41, 5.74) is 4.55. The molecule has 134 valence electrons. The van der Waals surface area contributed by atoms with Crippen molar-refractivity contribution < 1.29 is 14.0 Å². The van der Waals surface area contributed by atoms with E-state index in [-0.39, 0.29) is 0 Å². The van der Waals surface area contributed by atoms with E-state index in [4.69, 9.17) is 9.47 Å². The van der Waals surface area contributed by atoms with E-state index in [1.807, 2.05) is 24.3 Å². The van der Waals surface area contributed by atoms with Crippen LogP contribution in [0.4, 0.5) is 0 Å². The zero-order valence-electron chi connectivity index (χ0n) is 15.8. The fourth-order valence-corrected chi connectivity index (χ4v) is 3.68. The van der Waals surface area contributed by atoms with E-state index in [0.717, 1.165) is 44.8 Å². The number of aryl methyl sites for hydroxylation is 1. The Labute approximate surface area is 159 Å². The molecule has 0 unspecified atom stereocenters. The highest BCUT2D eigenvalue weighted by molar-refractivity contribution is 5.97. The highest BCUT2D eigenvalue weighted by atomic mass is 16.5. The fourth-order valence-electron chi connectivity index (χ4n) is 3.68. The van der Waals surface area contributed by atoms with Gasteiger partial charge in [-0.25, -0.2) is 0 Å². The molecule has 27 heavy (non-hydrogen) atoms. The minimum Gasteiger partial charge on any atom is -0.496 e. The molecule has 4 aromatic rings. The summed E-state index contributed by atoms with van der Waals surface area (Å²) in [6.45, 7) is 2.14. The molecule has 3 nitrogen and oxygen atoms in total. The molecule has 0 fully saturated rings. The maximum Gasteiger partial charge on any atom is 0.222 e. The molecule has 0 aliphatic rings. The second-order valence-corrected chi connectivity index (χ2v) is 6.43. The third kappa shape index (κ3) is 2.91. The van der Waals surface area contributed by atoms with Gasteiger partial charge in [-0.1, -0.05) is 36.4 Å². The van der Waals surface area contributed by atoms with Crippen molar-refractivity contribution in [3.05, 3.63) is 84.6 Å². The lowest BCUT2D eigenvalue weighted by Gasteiger charge is -2.14. The van der Waals surface area contributed by atoms with Gasteiger partial charge in [0.05, 0.1) is 19.6 Å². The van der Waals surface area contributed by atoms with Crippen molar-refractivity contribution in [2.45, 2.75) is 6.92 Å². The highest BCUT2D eigenvalue weighted by Crippen LogP contribution is 2.38. The maximum atomic E-state index is 5.68. The van der Waals surface area contributed by atoms with E-state index in [1.165, 1.54) is 0 Å². The number of hydrogen-bond acceptors (Lipinski definition) is 2. The van der Waals surface area contributed by atoms with Crippen molar-refractivity contribution in [1.29, 1.82) is 0 Å². The maximum absolute atomic E-state index is 5.68. The van der Waals surface area contributed by atoms with Gasteiger partial charge in [0, 0.05) is 28.6 Å². The summed E-state index contributed by atoms with van der Waals surface area (Å²) >= 11 is 0. The van der Waals surface area contributed by atoms with Crippen LogP contribution in [0.2, 0.25) is 0 Å². The summed E-state index contributed by atoms with van der Waals surface area (Å²) in [6, 6.07) is 24.7. The van der Waals surface area contributed by atoms with Crippen LogP contribution in [0.5, 0.6) is 11.5 Å². The van der Waals surface area contributed by atoms with E-state index in [1.54, 1.807) is 14.2 Å². The third-order valence-corrected chi connectivity index (χ3v) is 4.92. The number of aromatic nitrogens is 1. The predicted molar refractivity (Wildman–Crippen MR) is 109 cm³/mol. The normalized spacial score (nSPS) is 10.8. The van der Waals surface area contributed by atoms with Gasteiger partial charge < -0.3 is 9.47 Å². The molecule has 0 N–H and O–H groups in total. The van der Waals surface area contributed by atoms with Crippen LogP contribution >= 0.6 is 0 Å². The second kappa shape index (κ2) is 7.12. The van der Waals surface area contributed by atoms with Crippen LogP contribution in [0.25, 0.3) is 27.7 Å². The van der Waals surface area contributed by atoms with Crippen molar-refractivity contribution in [3.63, 3.8) is 0 Å². The molecule has 0 saturated heterocycles. The van der Waals surface area contributed by atoms with Crippen molar-refractivity contribution in [3.8, 4) is 28.4 Å². The summed E-state index contributed by atoms with van der Waals surface area (Å²) < 4.78 is 13.6. The summed E-state index contributed by atoms with van der Waals surface area (Å²) in [5, 5.41) is 2.10. The van der Waals surface area contributed by atoms with Crippen molar-refractivity contribution in [2.75, 3.05) is 14.2 Å². The highest BCUT2D eigenvalue weighted by Gasteiger charge is 2.25. The predicted octanol–water partition coefficient (Wildman–Crippen LogP) is 5.11. The monoisotopic (exact) mass is 356 g/mol. The average Bonchev–Trinajstić information content (AvgIpc) is 2.74. The Morgan fingerprint density at radius 3 is 1.93 bits per heavy atom. The molecule has 1 aromatic heterocycles. The largest absolute Gasteiger partial charge is 0.496 e. The van der Waals surface area contributed by atoms with E-state index in [0.29, 0.717) is 0 Å². The van der Waals surface area contributed by atoms with Crippen LogP contribution in [0.1, 0.15) is 5.56 Å². The lowest BCUT2D eigenvalue weighted by molar-refractivity contribution is -0.582. The topological polar surface area (TPSA) is 22.3 Å². The minimum absolute atomic E-state index is 0.832. The first-order chi connectivity index (χ1) is 13.2. The van der Waals surface area contributed by atoms with Crippen LogP contribution in [0.3, 0.4) is 0 Å². The average molecular weight is 356 g/mol. The molecule has 3 heteroatoms. The number of rotatable bonds is 4. The van der Waals surface area contributed by atoms with Crippen LogP contribution in [0.15, 0.2) is 79.0 Å². The van der Waals surface area contributed by atoms with Gasteiger partial charge in [-0.3, -0.25) is 0 Å². The minimum atomic E-state index is 0.832. The number of pyridine rings is 1. The number of ether oxygens (including phenoxy) is 2. The number of nitrogens with zero attached hydrogens (tertiary/aromatic N) is 1. The molecule has 0 atom stereocenters. The number of methoxy groups -OCH3 is 2. The third-order valence-electron chi connectivity index (χ3n) is 4.92. The zero-order valence-corrected chi connectivity index (χ0v) is 15.8. The summed E-state index contributed by atoms with van der Waals surface area (Å²) in [5.74, 6) is 1.68. The van der Waals surface area contributed by atoms with Crippen molar-refractivity contribution in [2.24, 2.45) is 0 Å². The molecule has 0 radical (unpaired) electrons. The van der Waals surface area contributed by atoms with E-state index < -0.39 is 0 Å². The molecule has 0 saturated carbocycles. The molecule has 0 amide bonds. The number of benzene rings is 3. The smallest absolute Gasteiger partial charge is 0.222 e. The number of para-hydroxylation sites is 1. The first kappa shape index (κ1) is 17.1. The standard InChI is InChI=1S/C24H22NO2/c1-17-23-20(21(26-2)14-15-22(23)27-3)16-25(19-12-8-5-9-13-19)24(17)18-10-6-4-7-11-18/h4-16H,1-3H3/q+1. The Balaban J connectivity index is 2.17. The molecule has 3 aromatic carbocycles. The van der Waals surface area contributed by atoms with Gasteiger partial charge in [-0.2, -0.15) is 4.57 Å². The Morgan fingerprint density at radius 2 is 1.30 bits per heavy atom. The summed E-state index contributed by atoms with van der Waals surface area (Å²) in [7, 11) is 3.41. The van der Waals surface area contributed by atoms with Crippen molar-refractivity contribution in [1.82, 2.24) is 0 Å². The molecule has 0 aliphatic heterocycles. The van der Waals surface area contributed by atoms with Crippen LogP contribution in [0, 0.1) is 6.92 Å². The van der Waals surface area contributed by atoms with Gasteiger partial charge in [-0.05, 0) is 31.2 Å². The first-order valence-corrected chi connectivity index (χ1v) is 8.95. The Kier molecular flexibility index (Phi) is 4.51. The fraction of sp³-hybridized carbons (Fsp3) is 0.125. The first-order valence-electron chi connectivity index (χ1n) is 8.95. The molecule has 0 aliphatic carbocycles. The lowest BCUT2D eigenvalue weighted by atomic mass is 9.98. The Hall–Kier alpha value is -3.33. The molecule has 1 heterocycles. The van der Waals surface area contributed by atoms with Crippen molar-refractivity contribution >= 4 is 10.8 Å². The summed E-state index contributed by atoms with van der Waals surface area (Å²) in [6.07, 6.45) is 2.14. The van der Waals surface area contributed by atoms with Gasteiger partial charge in [0.1, 0.15) is 11.5 Å². The van der Waals surface area contributed by atoms with Gasteiger partial charge in [0.15, 0.2) is 6.20 Å². The molecule has 0 spiro atoms. The van der Waals surface area contributed by atoms with E-state index in [9.17, 15) is 0 Å². The Morgan fingerprint density at radius 1 is 0.704 bits per heavy atom. The van der Waals surface area contributed by atoms with Gasteiger partial charge in [0.2, 0.25) is 11.4 Å².